The van der Waals surface area contributed by atoms with Crippen molar-refractivity contribution >= 4 is 11.4 Å². The topological polar surface area (TPSA) is 92.6 Å². The Morgan fingerprint density at radius 3 is 2.90 bits per heavy atom. The largest absolute Gasteiger partial charge is 0.393 e. The Kier molecular flexibility index (Phi) is 4.25. The molecule has 0 radical (unpaired) electrons. The van der Waals surface area contributed by atoms with Crippen molar-refractivity contribution in [2.75, 3.05) is 18.8 Å². The van der Waals surface area contributed by atoms with E-state index in [1.54, 1.807) is 6.07 Å². The molecule has 0 spiro atoms. The number of benzene rings is 1. The fourth-order valence-corrected chi connectivity index (χ4v) is 2.61. The molecular weight excluding hydrogens is 258 g/mol. The minimum Gasteiger partial charge on any atom is -0.393 e. The van der Waals surface area contributed by atoms with Gasteiger partial charge in [-0.3, -0.25) is 15.0 Å². The van der Waals surface area contributed by atoms with Crippen LogP contribution in [0.4, 0.5) is 11.4 Å². The van der Waals surface area contributed by atoms with Crippen molar-refractivity contribution in [1.29, 1.82) is 0 Å². The van der Waals surface area contributed by atoms with Crippen LogP contribution in [0.5, 0.6) is 0 Å². The maximum atomic E-state index is 10.9. The molecule has 110 valence electrons. The van der Waals surface area contributed by atoms with Crippen LogP contribution in [0.3, 0.4) is 0 Å². The van der Waals surface area contributed by atoms with Crippen LogP contribution in [0.15, 0.2) is 18.2 Å². The quantitative estimate of drug-likeness (QED) is 0.501. The van der Waals surface area contributed by atoms with Crippen molar-refractivity contribution in [1.82, 2.24) is 4.90 Å². The number of para-hydroxylation sites is 1. The van der Waals surface area contributed by atoms with Crippen LogP contribution in [-0.2, 0) is 6.54 Å². The van der Waals surface area contributed by atoms with Crippen LogP contribution < -0.4 is 5.73 Å². The second-order valence-corrected chi connectivity index (χ2v) is 5.73. The monoisotopic (exact) mass is 279 g/mol. The number of nitrogens with zero attached hydrogens (tertiary/aromatic N) is 2. The first-order chi connectivity index (χ1) is 9.39. The van der Waals surface area contributed by atoms with E-state index in [9.17, 15) is 15.2 Å². The summed E-state index contributed by atoms with van der Waals surface area (Å²) >= 11 is 0. The number of aliphatic hydroxyl groups is 1. The van der Waals surface area contributed by atoms with E-state index in [-0.39, 0.29) is 11.4 Å². The fraction of sp³-hybridized carbons (Fsp3) is 0.571. The van der Waals surface area contributed by atoms with Gasteiger partial charge < -0.3 is 10.8 Å². The Morgan fingerprint density at radius 1 is 1.45 bits per heavy atom. The van der Waals surface area contributed by atoms with E-state index in [4.69, 9.17) is 5.73 Å². The molecule has 1 aromatic rings. The van der Waals surface area contributed by atoms with E-state index in [1.165, 1.54) is 6.07 Å². The van der Waals surface area contributed by atoms with Gasteiger partial charge in [0, 0.05) is 19.2 Å². The number of nitrogen functional groups attached to an aromatic ring is 1. The van der Waals surface area contributed by atoms with Gasteiger partial charge in [0.1, 0.15) is 5.69 Å². The summed E-state index contributed by atoms with van der Waals surface area (Å²) in [6, 6.07) is 4.91. The molecule has 1 fully saturated rings. The highest BCUT2D eigenvalue weighted by atomic mass is 16.6. The fourth-order valence-electron chi connectivity index (χ4n) is 2.61. The Hall–Kier alpha value is -1.66. The number of likely N-dealkylation sites (tertiary alicyclic amines) is 1. The van der Waals surface area contributed by atoms with Crippen molar-refractivity contribution in [3.05, 3.63) is 33.9 Å². The Bertz CT molecular complexity index is 502. The van der Waals surface area contributed by atoms with E-state index in [1.807, 2.05) is 13.0 Å². The molecule has 0 amide bonds. The first-order valence-electron chi connectivity index (χ1n) is 6.85. The zero-order chi connectivity index (χ0) is 14.8. The summed E-state index contributed by atoms with van der Waals surface area (Å²) in [5.74, 6) is 0. The molecule has 1 aromatic carbocycles. The van der Waals surface area contributed by atoms with Crippen LogP contribution in [0, 0.1) is 10.1 Å². The van der Waals surface area contributed by atoms with Crippen molar-refractivity contribution in [3.63, 3.8) is 0 Å². The summed E-state index contributed by atoms with van der Waals surface area (Å²) in [7, 11) is 0. The minimum atomic E-state index is -0.608. The lowest BCUT2D eigenvalue weighted by molar-refractivity contribution is -0.384. The molecule has 1 saturated heterocycles. The molecule has 0 bridgehead atoms. The molecule has 2 rings (SSSR count). The van der Waals surface area contributed by atoms with Gasteiger partial charge >= 0.3 is 0 Å². The first kappa shape index (κ1) is 14.7. The summed E-state index contributed by atoms with van der Waals surface area (Å²) in [6.45, 7) is 4.09. The van der Waals surface area contributed by atoms with Gasteiger partial charge in [0.05, 0.1) is 10.5 Å². The Morgan fingerprint density at radius 2 is 2.20 bits per heavy atom. The SMILES string of the molecule is CC1(O)CCCN(Cc2cccc([N+](=O)[O-])c2N)CC1. The van der Waals surface area contributed by atoms with Gasteiger partial charge in [-0.15, -0.1) is 0 Å². The summed E-state index contributed by atoms with van der Waals surface area (Å²) < 4.78 is 0. The van der Waals surface area contributed by atoms with Gasteiger partial charge in [0.15, 0.2) is 0 Å². The third-order valence-electron chi connectivity index (χ3n) is 3.92. The molecule has 1 unspecified atom stereocenters. The zero-order valence-corrected chi connectivity index (χ0v) is 11.7. The van der Waals surface area contributed by atoms with Crippen LogP contribution in [-0.4, -0.2) is 33.6 Å². The molecule has 0 aromatic heterocycles. The van der Waals surface area contributed by atoms with Crippen molar-refractivity contribution in [2.24, 2.45) is 0 Å². The normalized spacial score (nSPS) is 24.3. The predicted molar refractivity (Wildman–Crippen MR) is 77.3 cm³/mol. The van der Waals surface area contributed by atoms with Gasteiger partial charge in [0.25, 0.3) is 5.69 Å². The number of nitro groups is 1. The lowest BCUT2D eigenvalue weighted by Crippen LogP contribution is -2.28. The Labute approximate surface area is 118 Å². The van der Waals surface area contributed by atoms with Gasteiger partial charge in [0.2, 0.25) is 0 Å². The van der Waals surface area contributed by atoms with Gasteiger partial charge in [-0.2, -0.15) is 0 Å². The highest BCUT2D eigenvalue weighted by Crippen LogP contribution is 2.27. The molecule has 1 aliphatic heterocycles. The number of anilines is 1. The number of nitro benzene ring substituents is 1. The molecule has 3 N–H and O–H groups in total. The second-order valence-electron chi connectivity index (χ2n) is 5.73. The Balaban J connectivity index is 2.10. The van der Waals surface area contributed by atoms with E-state index in [0.29, 0.717) is 13.0 Å². The molecular formula is C14H21N3O3. The number of nitrogens with two attached hydrogens (primary N) is 1. The minimum absolute atomic E-state index is 0.0377. The molecule has 6 nitrogen and oxygen atoms in total. The maximum Gasteiger partial charge on any atom is 0.292 e. The standard InChI is InChI=1S/C14H21N3O3/c1-14(18)6-3-8-16(9-7-14)10-11-4-2-5-12(13(11)15)17(19)20/h2,4-5,18H,3,6-10,15H2,1H3. The summed E-state index contributed by atoms with van der Waals surface area (Å²) in [5, 5.41) is 21.0. The predicted octanol–water partition coefficient (Wildman–Crippen LogP) is 1.91. The average Bonchev–Trinajstić information content (AvgIpc) is 2.53. The van der Waals surface area contributed by atoms with E-state index >= 15 is 0 Å². The lowest BCUT2D eigenvalue weighted by atomic mass is 9.98. The van der Waals surface area contributed by atoms with Crippen LogP contribution in [0.1, 0.15) is 31.7 Å². The number of rotatable bonds is 3. The van der Waals surface area contributed by atoms with Crippen molar-refractivity contribution in [2.45, 2.75) is 38.3 Å². The van der Waals surface area contributed by atoms with Crippen LogP contribution in [0.2, 0.25) is 0 Å². The van der Waals surface area contributed by atoms with Crippen molar-refractivity contribution in [3.8, 4) is 0 Å². The lowest BCUT2D eigenvalue weighted by Gasteiger charge is -2.22. The number of hydrogen-bond donors (Lipinski definition) is 2. The second kappa shape index (κ2) is 5.76. The molecule has 0 saturated carbocycles. The molecule has 20 heavy (non-hydrogen) atoms. The zero-order valence-electron chi connectivity index (χ0n) is 11.7. The maximum absolute atomic E-state index is 10.9. The van der Waals surface area contributed by atoms with Crippen LogP contribution >= 0.6 is 0 Å². The summed E-state index contributed by atoms with van der Waals surface area (Å²) in [4.78, 5) is 12.6. The van der Waals surface area contributed by atoms with Crippen molar-refractivity contribution < 1.29 is 10.0 Å². The van der Waals surface area contributed by atoms with Gasteiger partial charge in [-0.25, -0.2) is 0 Å². The number of hydrogen-bond acceptors (Lipinski definition) is 5. The highest BCUT2D eigenvalue weighted by molar-refractivity contribution is 5.62. The first-order valence-corrected chi connectivity index (χ1v) is 6.85. The molecule has 6 heteroatoms. The smallest absolute Gasteiger partial charge is 0.292 e. The van der Waals surface area contributed by atoms with E-state index in [0.717, 1.165) is 31.5 Å². The highest BCUT2D eigenvalue weighted by Gasteiger charge is 2.25. The van der Waals surface area contributed by atoms with Gasteiger partial charge in [-0.1, -0.05) is 12.1 Å². The molecule has 1 aliphatic rings. The molecule has 1 heterocycles. The van der Waals surface area contributed by atoms with Gasteiger partial charge in [-0.05, 0) is 38.3 Å². The third kappa shape index (κ3) is 3.46. The van der Waals surface area contributed by atoms with E-state index in [2.05, 4.69) is 4.90 Å². The average molecular weight is 279 g/mol. The van der Waals surface area contributed by atoms with Crippen LogP contribution in [0.25, 0.3) is 0 Å². The third-order valence-corrected chi connectivity index (χ3v) is 3.92. The molecule has 0 aliphatic carbocycles. The summed E-state index contributed by atoms with van der Waals surface area (Å²) in [6.07, 6.45) is 2.41. The van der Waals surface area contributed by atoms with E-state index < -0.39 is 10.5 Å². The molecule has 1 atom stereocenters. The summed E-state index contributed by atoms with van der Waals surface area (Å²) in [5.41, 5.74) is 6.25.